The molecule has 1 aliphatic rings. The second-order valence-electron chi connectivity index (χ2n) is 7.43. The van der Waals surface area contributed by atoms with Crippen LogP contribution in [0.1, 0.15) is 27.5 Å². The fourth-order valence-electron chi connectivity index (χ4n) is 3.95. The molecule has 1 heterocycles. The minimum atomic E-state index is -0.134. The third-order valence-corrected chi connectivity index (χ3v) is 6.65. The van der Waals surface area contributed by atoms with Gasteiger partial charge in [-0.2, -0.15) is 0 Å². The Labute approximate surface area is 202 Å². The van der Waals surface area contributed by atoms with Crippen molar-refractivity contribution in [3.05, 3.63) is 104 Å². The zero-order valence-electron chi connectivity index (χ0n) is 16.6. The molecule has 1 fully saturated rings. The normalized spacial score (nSPS) is 14.8. The Bertz CT molecular complexity index is 996. The molecule has 1 amide bonds. The lowest BCUT2D eigenvalue weighted by Gasteiger charge is -2.40. The number of benzene rings is 3. The molecule has 3 nitrogen and oxygen atoms in total. The van der Waals surface area contributed by atoms with Crippen LogP contribution in [0.3, 0.4) is 0 Å². The van der Waals surface area contributed by atoms with Crippen LogP contribution in [0.2, 0.25) is 20.1 Å². The number of piperazine rings is 1. The Hall–Kier alpha value is -1.75. The molecule has 0 N–H and O–H groups in total. The molecule has 0 aliphatic carbocycles. The van der Waals surface area contributed by atoms with Gasteiger partial charge in [0.25, 0.3) is 5.91 Å². The standard InChI is InChI=1S/C24H20Cl4N2O/c25-18-8-4-16(5-9-18)23(17-6-10-19(26)11-7-17)29-12-14-30(15-13-29)24(31)22-20(27)2-1-3-21(22)28/h1-11,23H,12-15H2. The fraction of sp³-hybridized carbons (Fsp3) is 0.208. The second-order valence-corrected chi connectivity index (χ2v) is 9.12. The predicted molar refractivity (Wildman–Crippen MR) is 129 cm³/mol. The highest BCUT2D eigenvalue weighted by molar-refractivity contribution is 6.39. The smallest absolute Gasteiger partial charge is 0.256 e. The van der Waals surface area contributed by atoms with Crippen molar-refractivity contribution < 1.29 is 4.79 Å². The van der Waals surface area contributed by atoms with Gasteiger partial charge in [0, 0.05) is 36.2 Å². The Morgan fingerprint density at radius 1 is 0.677 bits per heavy atom. The molecule has 0 saturated carbocycles. The summed E-state index contributed by atoms with van der Waals surface area (Å²) in [5.74, 6) is -0.134. The summed E-state index contributed by atoms with van der Waals surface area (Å²) in [6, 6.07) is 20.9. The van der Waals surface area contributed by atoms with Crippen molar-refractivity contribution in [1.82, 2.24) is 9.80 Å². The van der Waals surface area contributed by atoms with Gasteiger partial charge in [-0.3, -0.25) is 9.69 Å². The zero-order chi connectivity index (χ0) is 22.0. The lowest BCUT2D eigenvalue weighted by atomic mass is 9.96. The molecule has 1 saturated heterocycles. The minimum absolute atomic E-state index is 0.0377. The Kier molecular flexibility index (Phi) is 7.10. The molecule has 160 valence electrons. The summed E-state index contributed by atoms with van der Waals surface area (Å²) in [4.78, 5) is 17.2. The van der Waals surface area contributed by atoms with Gasteiger partial charge in [0.1, 0.15) is 0 Å². The average molecular weight is 494 g/mol. The van der Waals surface area contributed by atoms with Gasteiger partial charge in [0.2, 0.25) is 0 Å². The maximum atomic E-state index is 13.0. The van der Waals surface area contributed by atoms with Gasteiger partial charge < -0.3 is 4.90 Å². The second kappa shape index (κ2) is 9.81. The molecule has 1 aliphatic heterocycles. The molecular formula is C24H20Cl4N2O. The first-order valence-corrected chi connectivity index (χ1v) is 11.4. The first kappa shape index (κ1) is 22.4. The third-order valence-electron chi connectivity index (χ3n) is 5.51. The van der Waals surface area contributed by atoms with Gasteiger partial charge in [-0.05, 0) is 47.5 Å². The van der Waals surface area contributed by atoms with E-state index >= 15 is 0 Å². The molecule has 0 bridgehead atoms. The zero-order valence-corrected chi connectivity index (χ0v) is 19.6. The van der Waals surface area contributed by atoms with Crippen LogP contribution in [0, 0.1) is 0 Å². The first-order valence-electron chi connectivity index (χ1n) is 9.92. The van der Waals surface area contributed by atoms with E-state index in [1.807, 2.05) is 53.4 Å². The Morgan fingerprint density at radius 3 is 1.58 bits per heavy atom. The van der Waals surface area contributed by atoms with Crippen molar-refractivity contribution in [3.63, 3.8) is 0 Å². The molecule has 0 spiro atoms. The number of carbonyl (C=O) groups excluding carboxylic acids is 1. The molecule has 4 rings (SSSR count). The van der Waals surface area contributed by atoms with E-state index in [4.69, 9.17) is 46.4 Å². The van der Waals surface area contributed by atoms with Gasteiger partial charge in [-0.15, -0.1) is 0 Å². The van der Waals surface area contributed by atoms with Crippen molar-refractivity contribution in [2.24, 2.45) is 0 Å². The number of hydrogen-bond acceptors (Lipinski definition) is 2. The lowest BCUT2D eigenvalue weighted by Crippen LogP contribution is -2.50. The topological polar surface area (TPSA) is 23.6 Å². The predicted octanol–water partition coefficient (Wildman–Crippen LogP) is 6.85. The molecular weight excluding hydrogens is 474 g/mol. The van der Waals surface area contributed by atoms with E-state index in [-0.39, 0.29) is 11.9 Å². The Balaban J connectivity index is 1.56. The highest BCUT2D eigenvalue weighted by Gasteiger charge is 2.30. The van der Waals surface area contributed by atoms with Crippen LogP contribution >= 0.6 is 46.4 Å². The van der Waals surface area contributed by atoms with Gasteiger partial charge in [0.05, 0.1) is 21.7 Å². The van der Waals surface area contributed by atoms with Crippen LogP contribution in [-0.2, 0) is 0 Å². The average Bonchev–Trinajstić information content (AvgIpc) is 2.77. The van der Waals surface area contributed by atoms with Crippen LogP contribution in [0.15, 0.2) is 66.7 Å². The maximum absolute atomic E-state index is 13.0. The van der Waals surface area contributed by atoms with Crippen molar-refractivity contribution in [1.29, 1.82) is 0 Å². The number of halogens is 4. The highest BCUT2D eigenvalue weighted by atomic mass is 35.5. The summed E-state index contributed by atoms with van der Waals surface area (Å²) in [6.07, 6.45) is 0. The third kappa shape index (κ3) is 5.02. The molecule has 3 aromatic carbocycles. The Morgan fingerprint density at radius 2 is 1.13 bits per heavy atom. The SMILES string of the molecule is O=C(c1c(Cl)cccc1Cl)N1CCN(C(c2ccc(Cl)cc2)c2ccc(Cl)cc2)CC1. The van der Waals surface area contributed by atoms with Gasteiger partial charge in [-0.25, -0.2) is 0 Å². The summed E-state index contributed by atoms with van der Waals surface area (Å²) >= 11 is 24.7. The monoisotopic (exact) mass is 492 g/mol. The van der Waals surface area contributed by atoms with E-state index in [9.17, 15) is 4.79 Å². The van der Waals surface area contributed by atoms with Crippen molar-refractivity contribution >= 4 is 52.3 Å². The molecule has 7 heteroatoms. The number of carbonyl (C=O) groups is 1. The minimum Gasteiger partial charge on any atom is -0.336 e. The number of amides is 1. The van der Waals surface area contributed by atoms with E-state index in [2.05, 4.69) is 4.90 Å². The highest BCUT2D eigenvalue weighted by Crippen LogP contribution is 2.32. The van der Waals surface area contributed by atoms with Crippen LogP contribution < -0.4 is 0 Å². The molecule has 31 heavy (non-hydrogen) atoms. The largest absolute Gasteiger partial charge is 0.336 e. The first-order chi connectivity index (χ1) is 14.9. The molecule has 0 radical (unpaired) electrons. The molecule has 0 atom stereocenters. The maximum Gasteiger partial charge on any atom is 0.256 e. The van der Waals surface area contributed by atoms with Crippen LogP contribution in [-0.4, -0.2) is 41.9 Å². The number of hydrogen-bond donors (Lipinski definition) is 0. The van der Waals surface area contributed by atoms with Gasteiger partial charge in [0.15, 0.2) is 0 Å². The van der Waals surface area contributed by atoms with Crippen molar-refractivity contribution in [2.75, 3.05) is 26.2 Å². The number of rotatable bonds is 4. The van der Waals surface area contributed by atoms with E-state index in [1.165, 1.54) is 0 Å². The lowest BCUT2D eigenvalue weighted by molar-refractivity contribution is 0.0597. The summed E-state index contributed by atoms with van der Waals surface area (Å²) in [5.41, 5.74) is 2.65. The summed E-state index contributed by atoms with van der Waals surface area (Å²) < 4.78 is 0. The fourth-order valence-corrected chi connectivity index (χ4v) is 4.76. The van der Waals surface area contributed by atoms with Crippen molar-refractivity contribution in [2.45, 2.75) is 6.04 Å². The van der Waals surface area contributed by atoms with E-state index in [0.29, 0.717) is 51.8 Å². The summed E-state index contributed by atoms with van der Waals surface area (Å²) in [7, 11) is 0. The quantitative estimate of drug-likeness (QED) is 0.396. The molecule has 3 aromatic rings. The summed E-state index contributed by atoms with van der Waals surface area (Å²) in [5, 5.41) is 2.15. The van der Waals surface area contributed by atoms with Crippen LogP contribution in [0.25, 0.3) is 0 Å². The molecule has 0 aromatic heterocycles. The van der Waals surface area contributed by atoms with Crippen molar-refractivity contribution in [3.8, 4) is 0 Å². The van der Waals surface area contributed by atoms with E-state index < -0.39 is 0 Å². The molecule has 0 unspecified atom stereocenters. The van der Waals surface area contributed by atoms with Gasteiger partial charge in [-0.1, -0.05) is 76.7 Å². The van der Waals surface area contributed by atoms with E-state index in [1.54, 1.807) is 18.2 Å². The van der Waals surface area contributed by atoms with Gasteiger partial charge >= 0.3 is 0 Å². The number of nitrogens with zero attached hydrogens (tertiary/aromatic N) is 2. The van der Waals surface area contributed by atoms with Crippen LogP contribution in [0.4, 0.5) is 0 Å². The van der Waals surface area contributed by atoms with E-state index in [0.717, 1.165) is 11.1 Å². The summed E-state index contributed by atoms with van der Waals surface area (Å²) in [6.45, 7) is 2.59. The van der Waals surface area contributed by atoms with Crippen LogP contribution in [0.5, 0.6) is 0 Å².